The van der Waals surface area contributed by atoms with E-state index in [2.05, 4.69) is 39.4 Å². The topological polar surface area (TPSA) is 32.3 Å². The molecule has 3 aromatic carbocycles. The molecule has 22 heavy (non-hydrogen) atoms. The van der Waals surface area contributed by atoms with Crippen LogP contribution in [0.25, 0.3) is 11.1 Å². The maximum Gasteiger partial charge on any atom is 0.138 e. The zero-order valence-corrected chi connectivity index (χ0v) is 13.5. The summed E-state index contributed by atoms with van der Waals surface area (Å²) in [4.78, 5) is 0. The van der Waals surface area contributed by atoms with Crippen molar-refractivity contribution < 1.29 is 5.11 Å². The van der Waals surface area contributed by atoms with Gasteiger partial charge in [0.25, 0.3) is 0 Å². The molecule has 3 aromatic rings. The lowest BCUT2D eigenvalue weighted by Gasteiger charge is -2.12. The van der Waals surface area contributed by atoms with E-state index in [9.17, 15) is 5.11 Å². The fourth-order valence-corrected chi connectivity index (χ4v) is 2.74. The summed E-state index contributed by atoms with van der Waals surface area (Å²) in [6, 6.07) is 23.8. The third-order valence-electron chi connectivity index (χ3n) is 3.53. The molecular weight excluding hydrogens is 338 g/mol. The second-order valence-corrected chi connectivity index (χ2v) is 5.90. The molecule has 0 bridgehead atoms. The third kappa shape index (κ3) is 3.31. The molecule has 0 saturated heterocycles. The van der Waals surface area contributed by atoms with Gasteiger partial charge in [0, 0.05) is 11.0 Å². The minimum absolute atomic E-state index is 0.256. The van der Waals surface area contributed by atoms with E-state index in [1.807, 2.05) is 48.5 Å². The van der Waals surface area contributed by atoms with Crippen molar-refractivity contribution in [1.29, 1.82) is 0 Å². The van der Waals surface area contributed by atoms with Gasteiger partial charge in [0.05, 0.1) is 5.69 Å². The SMILES string of the molecule is Oc1ccc(-c2ccccc2)cc1NCc1ccccc1Br. The Morgan fingerprint density at radius 3 is 2.32 bits per heavy atom. The molecule has 0 unspecified atom stereocenters. The van der Waals surface area contributed by atoms with Crippen LogP contribution in [0.4, 0.5) is 5.69 Å². The molecule has 0 fully saturated rings. The molecule has 3 rings (SSSR count). The summed E-state index contributed by atoms with van der Waals surface area (Å²) in [5.74, 6) is 0.256. The van der Waals surface area contributed by atoms with E-state index < -0.39 is 0 Å². The number of aromatic hydroxyl groups is 1. The van der Waals surface area contributed by atoms with Crippen LogP contribution in [0.2, 0.25) is 0 Å². The molecule has 0 amide bonds. The normalized spacial score (nSPS) is 10.4. The van der Waals surface area contributed by atoms with Crippen LogP contribution < -0.4 is 5.32 Å². The van der Waals surface area contributed by atoms with E-state index in [1.165, 1.54) is 0 Å². The Morgan fingerprint density at radius 1 is 0.818 bits per heavy atom. The largest absolute Gasteiger partial charge is 0.506 e. The van der Waals surface area contributed by atoms with E-state index in [0.29, 0.717) is 6.54 Å². The first kappa shape index (κ1) is 14.7. The first-order valence-corrected chi connectivity index (χ1v) is 7.89. The van der Waals surface area contributed by atoms with Crippen LogP contribution >= 0.6 is 15.9 Å². The van der Waals surface area contributed by atoms with Crippen LogP contribution in [0.5, 0.6) is 5.75 Å². The fraction of sp³-hybridized carbons (Fsp3) is 0.0526. The monoisotopic (exact) mass is 353 g/mol. The summed E-state index contributed by atoms with van der Waals surface area (Å²) in [5.41, 5.74) is 4.09. The number of anilines is 1. The van der Waals surface area contributed by atoms with Crippen molar-refractivity contribution >= 4 is 21.6 Å². The Balaban J connectivity index is 1.83. The highest BCUT2D eigenvalue weighted by Crippen LogP contribution is 2.30. The molecule has 3 heteroatoms. The van der Waals surface area contributed by atoms with Crippen molar-refractivity contribution in [2.24, 2.45) is 0 Å². The standard InChI is InChI=1S/C19H16BrNO/c20-17-9-5-4-8-16(17)13-21-18-12-15(10-11-19(18)22)14-6-2-1-3-7-14/h1-12,21-22H,13H2. The number of benzene rings is 3. The predicted octanol–water partition coefficient (Wildman–Crippen LogP) is 5.43. The van der Waals surface area contributed by atoms with Crippen LogP contribution in [0.3, 0.4) is 0 Å². The van der Waals surface area contributed by atoms with Gasteiger partial charge in [-0.15, -0.1) is 0 Å². The van der Waals surface area contributed by atoms with E-state index in [1.54, 1.807) is 6.07 Å². The molecule has 0 aromatic heterocycles. The second kappa shape index (κ2) is 6.67. The molecule has 0 aliphatic rings. The molecule has 0 aliphatic heterocycles. The van der Waals surface area contributed by atoms with Crippen molar-refractivity contribution in [2.75, 3.05) is 5.32 Å². The van der Waals surface area contributed by atoms with Gasteiger partial charge in [0.15, 0.2) is 0 Å². The summed E-state index contributed by atoms with van der Waals surface area (Å²) in [6.45, 7) is 0.646. The lowest BCUT2D eigenvalue weighted by Crippen LogP contribution is -2.00. The van der Waals surface area contributed by atoms with Crippen molar-refractivity contribution in [2.45, 2.75) is 6.54 Å². The molecule has 0 aliphatic carbocycles. The molecule has 2 N–H and O–H groups in total. The highest BCUT2D eigenvalue weighted by molar-refractivity contribution is 9.10. The summed E-state index contributed by atoms with van der Waals surface area (Å²) >= 11 is 3.54. The van der Waals surface area contributed by atoms with E-state index in [-0.39, 0.29) is 5.75 Å². The van der Waals surface area contributed by atoms with Gasteiger partial charge in [0.1, 0.15) is 5.75 Å². The van der Waals surface area contributed by atoms with Crippen molar-refractivity contribution in [3.05, 3.63) is 82.8 Å². The number of hydrogen-bond donors (Lipinski definition) is 2. The summed E-state index contributed by atoms with van der Waals surface area (Å²) in [7, 11) is 0. The zero-order valence-electron chi connectivity index (χ0n) is 12.0. The van der Waals surface area contributed by atoms with E-state index >= 15 is 0 Å². The number of halogens is 1. The summed E-state index contributed by atoms with van der Waals surface area (Å²) in [5, 5.41) is 13.4. The van der Waals surface area contributed by atoms with Gasteiger partial charge < -0.3 is 10.4 Å². The molecule has 0 spiro atoms. The number of hydrogen-bond acceptors (Lipinski definition) is 2. The minimum Gasteiger partial charge on any atom is -0.506 e. The Labute approximate surface area is 138 Å². The molecule has 0 heterocycles. The molecular formula is C19H16BrNO. The maximum absolute atomic E-state index is 10.1. The van der Waals surface area contributed by atoms with Gasteiger partial charge in [-0.2, -0.15) is 0 Å². The number of phenols is 1. The Morgan fingerprint density at radius 2 is 1.55 bits per heavy atom. The van der Waals surface area contributed by atoms with E-state index in [0.717, 1.165) is 26.9 Å². The number of phenolic OH excluding ortho intramolecular Hbond substituents is 1. The van der Waals surface area contributed by atoms with Crippen LogP contribution in [0, 0.1) is 0 Å². The minimum atomic E-state index is 0.256. The third-order valence-corrected chi connectivity index (χ3v) is 4.30. The average molecular weight is 354 g/mol. The van der Waals surface area contributed by atoms with Crippen LogP contribution in [-0.4, -0.2) is 5.11 Å². The first-order chi connectivity index (χ1) is 10.7. The smallest absolute Gasteiger partial charge is 0.138 e. The molecule has 0 atom stereocenters. The molecule has 0 radical (unpaired) electrons. The van der Waals surface area contributed by atoms with Gasteiger partial charge in [-0.1, -0.05) is 70.5 Å². The first-order valence-electron chi connectivity index (χ1n) is 7.10. The van der Waals surface area contributed by atoms with Gasteiger partial charge in [-0.25, -0.2) is 0 Å². The summed E-state index contributed by atoms with van der Waals surface area (Å²) < 4.78 is 1.06. The summed E-state index contributed by atoms with van der Waals surface area (Å²) in [6.07, 6.45) is 0. The molecule has 2 nitrogen and oxygen atoms in total. The Hall–Kier alpha value is -2.26. The molecule has 110 valence electrons. The number of nitrogens with one attached hydrogen (secondary N) is 1. The van der Waals surface area contributed by atoms with Crippen LogP contribution in [0.15, 0.2) is 77.3 Å². The van der Waals surface area contributed by atoms with Gasteiger partial charge in [-0.05, 0) is 34.9 Å². The zero-order chi connectivity index (χ0) is 15.4. The van der Waals surface area contributed by atoms with Crippen molar-refractivity contribution in [1.82, 2.24) is 0 Å². The highest BCUT2D eigenvalue weighted by Gasteiger charge is 2.05. The number of rotatable bonds is 4. The lowest BCUT2D eigenvalue weighted by atomic mass is 10.0. The highest BCUT2D eigenvalue weighted by atomic mass is 79.9. The van der Waals surface area contributed by atoms with Gasteiger partial charge in [-0.3, -0.25) is 0 Å². The van der Waals surface area contributed by atoms with Crippen LogP contribution in [0.1, 0.15) is 5.56 Å². The van der Waals surface area contributed by atoms with Gasteiger partial charge >= 0.3 is 0 Å². The second-order valence-electron chi connectivity index (χ2n) is 5.04. The molecule has 0 saturated carbocycles. The predicted molar refractivity (Wildman–Crippen MR) is 95.0 cm³/mol. The Bertz CT molecular complexity index is 771. The quantitative estimate of drug-likeness (QED) is 0.612. The van der Waals surface area contributed by atoms with Crippen LogP contribution in [-0.2, 0) is 6.54 Å². The van der Waals surface area contributed by atoms with E-state index in [4.69, 9.17) is 0 Å². The van der Waals surface area contributed by atoms with Gasteiger partial charge in [0.2, 0.25) is 0 Å². The van der Waals surface area contributed by atoms with Crippen molar-refractivity contribution in [3.63, 3.8) is 0 Å². The Kier molecular flexibility index (Phi) is 4.45. The fourth-order valence-electron chi connectivity index (χ4n) is 2.32. The maximum atomic E-state index is 10.1. The van der Waals surface area contributed by atoms with Crippen molar-refractivity contribution in [3.8, 4) is 16.9 Å². The lowest BCUT2D eigenvalue weighted by molar-refractivity contribution is 0.477. The average Bonchev–Trinajstić information content (AvgIpc) is 2.56.